The van der Waals surface area contributed by atoms with Crippen LogP contribution in [-0.2, 0) is 0 Å². The van der Waals surface area contributed by atoms with E-state index in [0.29, 0.717) is 17.9 Å². The number of hydrogen-bond acceptors (Lipinski definition) is 2. The van der Waals surface area contributed by atoms with Gasteiger partial charge in [-0.15, -0.1) is 0 Å². The van der Waals surface area contributed by atoms with E-state index in [0.717, 1.165) is 11.1 Å². The van der Waals surface area contributed by atoms with Crippen LogP contribution in [0, 0.1) is 13.8 Å². The molecule has 0 aliphatic carbocycles. The maximum atomic E-state index is 11.4. The molecule has 76 valence electrons. The lowest BCUT2D eigenvalue weighted by atomic mass is 10.0. The third-order valence-electron chi connectivity index (χ3n) is 2.10. The molecule has 0 N–H and O–H groups in total. The van der Waals surface area contributed by atoms with Crippen molar-refractivity contribution >= 4 is 5.78 Å². The zero-order valence-electron chi connectivity index (χ0n) is 9.18. The zero-order valence-corrected chi connectivity index (χ0v) is 9.18. The Hall–Kier alpha value is -1.31. The van der Waals surface area contributed by atoms with Crippen molar-refractivity contribution < 1.29 is 9.53 Å². The quantitative estimate of drug-likeness (QED) is 0.688. The van der Waals surface area contributed by atoms with Gasteiger partial charge in [0.15, 0.2) is 5.78 Å². The lowest BCUT2D eigenvalue weighted by Crippen LogP contribution is -2.03. The molecular formula is C12H16O2. The minimum absolute atomic E-state index is 0.0611. The molecule has 0 bridgehead atoms. The molecule has 0 amide bonds. The van der Waals surface area contributed by atoms with E-state index < -0.39 is 0 Å². The lowest BCUT2D eigenvalue weighted by molar-refractivity contribution is 0.101. The number of rotatable bonds is 3. The first-order valence-electron chi connectivity index (χ1n) is 4.81. The number of ketones is 1. The standard InChI is InChI=1S/C12H16O2/c1-5-14-11-7-8(2)6-9(3)12(11)10(4)13/h6-7H,5H2,1-4H3. The second-order valence-electron chi connectivity index (χ2n) is 3.44. The molecular weight excluding hydrogens is 176 g/mol. The first-order valence-corrected chi connectivity index (χ1v) is 4.81. The smallest absolute Gasteiger partial charge is 0.163 e. The Morgan fingerprint density at radius 1 is 1.36 bits per heavy atom. The summed E-state index contributed by atoms with van der Waals surface area (Å²) in [5, 5.41) is 0. The zero-order chi connectivity index (χ0) is 10.7. The minimum Gasteiger partial charge on any atom is -0.493 e. The second-order valence-corrected chi connectivity index (χ2v) is 3.44. The van der Waals surface area contributed by atoms with Crippen molar-refractivity contribution in [3.05, 3.63) is 28.8 Å². The van der Waals surface area contributed by atoms with Gasteiger partial charge in [0.1, 0.15) is 5.75 Å². The van der Waals surface area contributed by atoms with Gasteiger partial charge < -0.3 is 4.74 Å². The predicted octanol–water partition coefficient (Wildman–Crippen LogP) is 2.90. The van der Waals surface area contributed by atoms with Gasteiger partial charge in [0.25, 0.3) is 0 Å². The summed E-state index contributed by atoms with van der Waals surface area (Å²) in [5.74, 6) is 0.767. The van der Waals surface area contributed by atoms with Gasteiger partial charge in [-0.05, 0) is 44.9 Å². The molecule has 0 aliphatic heterocycles. The fourth-order valence-corrected chi connectivity index (χ4v) is 1.65. The molecule has 0 atom stereocenters. The monoisotopic (exact) mass is 192 g/mol. The van der Waals surface area contributed by atoms with Gasteiger partial charge in [-0.2, -0.15) is 0 Å². The van der Waals surface area contributed by atoms with E-state index in [1.807, 2.05) is 32.9 Å². The predicted molar refractivity (Wildman–Crippen MR) is 57.1 cm³/mol. The SMILES string of the molecule is CCOc1cc(C)cc(C)c1C(C)=O. The molecule has 0 saturated heterocycles. The van der Waals surface area contributed by atoms with E-state index in [9.17, 15) is 4.79 Å². The number of benzene rings is 1. The van der Waals surface area contributed by atoms with Crippen molar-refractivity contribution in [3.8, 4) is 5.75 Å². The Bertz CT molecular complexity index is 354. The summed E-state index contributed by atoms with van der Waals surface area (Å²) in [6.07, 6.45) is 0. The summed E-state index contributed by atoms with van der Waals surface area (Å²) in [4.78, 5) is 11.4. The third-order valence-corrected chi connectivity index (χ3v) is 2.10. The van der Waals surface area contributed by atoms with Crippen LogP contribution in [0.1, 0.15) is 35.3 Å². The maximum Gasteiger partial charge on any atom is 0.163 e. The fourth-order valence-electron chi connectivity index (χ4n) is 1.65. The Labute approximate surface area is 84.9 Å². The van der Waals surface area contributed by atoms with Gasteiger partial charge >= 0.3 is 0 Å². The average Bonchev–Trinajstić information content (AvgIpc) is 2.01. The Kier molecular flexibility index (Phi) is 3.28. The number of hydrogen-bond donors (Lipinski definition) is 0. The first-order chi connectivity index (χ1) is 6.56. The van der Waals surface area contributed by atoms with Crippen molar-refractivity contribution in [2.75, 3.05) is 6.61 Å². The summed E-state index contributed by atoms with van der Waals surface area (Å²) in [7, 11) is 0. The molecule has 0 heterocycles. The Morgan fingerprint density at radius 3 is 2.50 bits per heavy atom. The molecule has 1 aromatic rings. The molecule has 1 rings (SSSR count). The van der Waals surface area contributed by atoms with Crippen LogP contribution in [0.2, 0.25) is 0 Å². The first kappa shape index (κ1) is 10.8. The molecule has 14 heavy (non-hydrogen) atoms. The average molecular weight is 192 g/mol. The number of aryl methyl sites for hydroxylation is 2. The van der Waals surface area contributed by atoms with E-state index >= 15 is 0 Å². The highest BCUT2D eigenvalue weighted by Crippen LogP contribution is 2.24. The summed E-state index contributed by atoms with van der Waals surface area (Å²) in [5.41, 5.74) is 2.81. The van der Waals surface area contributed by atoms with E-state index in [1.165, 1.54) is 0 Å². The van der Waals surface area contributed by atoms with E-state index in [2.05, 4.69) is 0 Å². The van der Waals surface area contributed by atoms with Crippen LogP contribution in [0.25, 0.3) is 0 Å². The van der Waals surface area contributed by atoms with Crippen LogP contribution >= 0.6 is 0 Å². The fraction of sp³-hybridized carbons (Fsp3) is 0.417. The van der Waals surface area contributed by atoms with Gasteiger partial charge in [0.2, 0.25) is 0 Å². The molecule has 2 heteroatoms. The van der Waals surface area contributed by atoms with Crippen LogP contribution in [0.15, 0.2) is 12.1 Å². The molecule has 0 radical (unpaired) electrons. The van der Waals surface area contributed by atoms with Gasteiger partial charge in [0, 0.05) is 0 Å². The summed E-state index contributed by atoms with van der Waals surface area (Å²) in [6, 6.07) is 3.91. The lowest BCUT2D eigenvalue weighted by Gasteiger charge is -2.11. The summed E-state index contributed by atoms with van der Waals surface area (Å²) in [6.45, 7) is 8.01. The molecule has 0 spiro atoms. The number of Topliss-reactive ketones (excluding diaryl/α,β-unsaturated/α-hetero) is 1. The molecule has 1 aromatic carbocycles. The molecule has 0 aromatic heterocycles. The molecule has 0 unspecified atom stereocenters. The number of carbonyl (C=O) groups excluding carboxylic acids is 1. The van der Waals surface area contributed by atoms with Crippen LogP contribution in [0.5, 0.6) is 5.75 Å². The van der Waals surface area contributed by atoms with Crippen molar-refractivity contribution in [1.82, 2.24) is 0 Å². The normalized spacial score (nSPS) is 10.0. The van der Waals surface area contributed by atoms with Crippen molar-refractivity contribution in [2.24, 2.45) is 0 Å². The topological polar surface area (TPSA) is 26.3 Å². The van der Waals surface area contributed by atoms with E-state index in [4.69, 9.17) is 4.74 Å². The van der Waals surface area contributed by atoms with Crippen LogP contribution in [0.4, 0.5) is 0 Å². The van der Waals surface area contributed by atoms with Crippen LogP contribution in [0.3, 0.4) is 0 Å². The van der Waals surface area contributed by atoms with Crippen LogP contribution in [-0.4, -0.2) is 12.4 Å². The molecule has 0 saturated carbocycles. The van der Waals surface area contributed by atoms with Gasteiger partial charge in [-0.25, -0.2) is 0 Å². The van der Waals surface area contributed by atoms with E-state index in [1.54, 1.807) is 6.92 Å². The van der Waals surface area contributed by atoms with E-state index in [-0.39, 0.29) is 5.78 Å². The van der Waals surface area contributed by atoms with Gasteiger partial charge in [0.05, 0.1) is 12.2 Å². The highest BCUT2D eigenvalue weighted by molar-refractivity contribution is 5.98. The number of ether oxygens (including phenoxy) is 1. The summed E-state index contributed by atoms with van der Waals surface area (Å²) >= 11 is 0. The highest BCUT2D eigenvalue weighted by Gasteiger charge is 2.11. The molecule has 0 aliphatic rings. The largest absolute Gasteiger partial charge is 0.493 e. The van der Waals surface area contributed by atoms with Crippen LogP contribution < -0.4 is 4.74 Å². The van der Waals surface area contributed by atoms with Crippen molar-refractivity contribution in [3.63, 3.8) is 0 Å². The van der Waals surface area contributed by atoms with Gasteiger partial charge in [-0.1, -0.05) is 6.07 Å². The second kappa shape index (κ2) is 4.27. The van der Waals surface area contributed by atoms with Crippen molar-refractivity contribution in [1.29, 1.82) is 0 Å². The highest BCUT2D eigenvalue weighted by atomic mass is 16.5. The van der Waals surface area contributed by atoms with Gasteiger partial charge in [-0.3, -0.25) is 4.79 Å². The summed E-state index contributed by atoms with van der Waals surface area (Å²) < 4.78 is 5.44. The molecule has 0 fully saturated rings. The Balaban J connectivity index is 3.28. The van der Waals surface area contributed by atoms with Crippen molar-refractivity contribution in [2.45, 2.75) is 27.7 Å². The maximum absolute atomic E-state index is 11.4. The third kappa shape index (κ3) is 2.13. The Morgan fingerprint density at radius 2 is 2.00 bits per heavy atom. The minimum atomic E-state index is 0.0611. The molecule has 2 nitrogen and oxygen atoms in total. The number of carbonyl (C=O) groups is 1.